The minimum atomic E-state index is 0.174. The van der Waals surface area contributed by atoms with E-state index in [9.17, 15) is 0 Å². The van der Waals surface area contributed by atoms with Gasteiger partial charge in [-0.05, 0) is 112 Å². The Morgan fingerprint density at radius 2 is 0.818 bits per heavy atom. The van der Waals surface area contributed by atoms with E-state index in [0.717, 1.165) is 23.7 Å². The molecule has 0 spiro atoms. The zero-order valence-electron chi connectivity index (χ0n) is 13.6. The first-order chi connectivity index (χ1) is 10.4. The highest BCUT2D eigenvalue weighted by molar-refractivity contribution is 6.24. The van der Waals surface area contributed by atoms with Crippen LogP contribution in [0.15, 0.2) is 0 Å². The first kappa shape index (κ1) is 13.8. The fourth-order valence-corrected chi connectivity index (χ4v) is 10.9. The van der Waals surface area contributed by atoms with Gasteiger partial charge < -0.3 is 0 Å². The van der Waals surface area contributed by atoms with Crippen LogP contribution in [0.4, 0.5) is 0 Å². The van der Waals surface area contributed by atoms with Crippen LogP contribution in [-0.2, 0) is 0 Å². The van der Waals surface area contributed by atoms with Crippen molar-refractivity contribution in [3.63, 3.8) is 0 Å². The summed E-state index contributed by atoms with van der Waals surface area (Å²) in [5.74, 6) is 3.77. The van der Waals surface area contributed by atoms with Gasteiger partial charge in [0, 0.05) is 9.75 Å². The minimum Gasteiger partial charge on any atom is -0.119 e. The number of hydrogen-bond donors (Lipinski definition) is 0. The molecule has 8 rings (SSSR count). The SMILES string of the molecule is ClC12C[C@H]3C[C@@H](C1)CC(C14C[C@@H]5C[C@@H](CC(Cl)(C5)C1)C4)(C3)C2. The van der Waals surface area contributed by atoms with Crippen molar-refractivity contribution in [1.29, 1.82) is 0 Å². The number of rotatable bonds is 1. The van der Waals surface area contributed by atoms with E-state index in [2.05, 4.69) is 0 Å². The monoisotopic (exact) mass is 338 g/mol. The van der Waals surface area contributed by atoms with Crippen molar-refractivity contribution < 1.29 is 0 Å². The van der Waals surface area contributed by atoms with Gasteiger partial charge in [-0.25, -0.2) is 0 Å². The molecule has 0 nitrogen and oxygen atoms in total. The quantitative estimate of drug-likeness (QED) is 0.503. The second-order valence-electron chi connectivity index (χ2n) is 10.8. The van der Waals surface area contributed by atoms with E-state index in [-0.39, 0.29) is 9.75 Å². The first-order valence-electron chi connectivity index (χ1n) is 9.77. The molecule has 8 aliphatic rings. The summed E-state index contributed by atoms with van der Waals surface area (Å²) < 4.78 is 0. The predicted molar refractivity (Wildman–Crippen MR) is 91.4 cm³/mol. The summed E-state index contributed by atoms with van der Waals surface area (Å²) in [6.45, 7) is 0. The highest BCUT2D eigenvalue weighted by atomic mass is 35.5. The molecule has 0 amide bonds. The van der Waals surface area contributed by atoms with Crippen LogP contribution in [0.5, 0.6) is 0 Å². The average molecular weight is 339 g/mol. The van der Waals surface area contributed by atoms with E-state index >= 15 is 0 Å². The molecule has 0 aliphatic heterocycles. The van der Waals surface area contributed by atoms with Crippen molar-refractivity contribution in [2.75, 3.05) is 0 Å². The van der Waals surface area contributed by atoms with Crippen LogP contribution in [0.25, 0.3) is 0 Å². The van der Waals surface area contributed by atoms with Crippen LogP contribution in [0, 0.1) is 34.5 Å². The van der Waals surface area contributed by atoms with E-state index in [4.69, 9.17) is 23.2 Å². The summed E-state index contributed by atoms with van der Waals surface area (Å²) in [5, 5.41) is 0. The molecule has 8 saturated carbocycles. The summed E-state index contributed by atoms with van der Waals surface area (Å²) in [6, 6.07) is 0. The fraction of sp³-hybridized carbons (Fsp3) is 1.00. The average Bonchev–Trinajstić information content (AvgIpc) is 2.31. The second-order valence-corrected chi connectivity index (χ2v) is 12.4. The van der Waals surface area contributed by atoms with Crippen molar-refractivity contribution in [3.05, 3.63) is 0 Å². The third-order valence-electron chi connectivity index (χ3n) is 9.10. The zero-order valence-corrected chi connectivity index (χ0v) is 15.1. The molecule has 0 heterocycles. The Morgan fingerprint density at radius 3 is 1.09 bits per heavy atom. The van der Waals surface area contributed by atoms with Crippen molar-refractivity contribution in [2.45, 2.75) is 86.8 Å². The van der Waals surface area contributed by atoms with Crippen LogP contribution < -0.4 is 0 Å². The molecular formula is C20H28Cl2. The maximum atomic E-state index is 7.16. The van der Waals surface area contributed by atoms with Crippen LogP contribution in [0.3, 0.4) is 0 Å². The lowest BCUT2D eigenvalue weighted by molar-refractivity contribution is -0.189. The van der Waals surface area contributed by atoms with Crippen LogP contribution in [0.2, 0.25) is 0 Å². The first-order valence-corrected chi connectivity index (χ1v) is 10.5. The van der Waals surface area contributed by atoms with Crippen LogP contribution >= 0.6 is 23.2 Å². The van der Waals surface area contributed by atoms with Gasteiger partial charge in [0.2, 0.25) is 0 Å². The minimum absolute atomic E-state index is 0.174. The zero-order chi connectivity index (χ0) is 14.8. The van der Waals surface area contributed by atoms with E-state index in [1.165, 1.54) is 77.0 Å². The molecule has 8 bridgehead atoms. The lowest BCUT2D eigenvalue weighted by Gasteiger charge is -2.72. The molecule has 8 atom stereocenters. The van der Waals surface area contributed by atoms with Gasteiger partial charge in [0.25, 0.3) is 0 Å². The number of hydrogen-bond acceptors (Lipinski definition) is 0. The van der Waals surface area contributed by atoms with Gasteiger partial charge in [-0.15, -0.1) is 23.2 Å². The Morgan fingerprint density at radius 1 is 0.500 bits per heavy atom. The van der Waals surface area contributed by atoms with Crippen molar-refractivity contribution in [2.24, 2.45) is 34.5 Å². The highest BCUT2D eigenvalue weighted by Crippen LogP contribution is 2.77. The topological polar surface area (TPSA) is 0 Å². The maximum absolute atomic E-state index is 7.16. The lowest BCUT2D eigenvalue weighted by Crippen LogP contribution is -2.65. The molecule has 0 N–H and O–H groups in total. The molecule has 0 radical (unpaired) electrons. The molecule has 8 aliphatic carbocycles. The second kappa shape index (κ2) is 3.87. The Kier molecular flexibility index (Phi) is 2.43. The molecular weight excluding hydrogens is 311 g/mol. The van der Waals surface area contributed by atoms with Gasteiger partial charge in [-0.2, -0.15) is 0 Å². The molecule has 0 aromatic rings. The Labute approximate surface area is 144 Å². The predicted octanol–water partition coefficient (Wildman–Crippen LogP) is 6.14. The summed E-state index contributed by atoms with van der Waals surface area (Å²) in [4.78, 5) is 0.347. The number of alkyl halides is 2. The molecule has 8 fully saturated rings. The van der Waals surface area contributed by atoms with Gasteiger partial charge >= 0.3 is 0 Å². The molecule has 122 valence electrons. The standard InChI is InChI=1S/C20H28Cl2/c21-19-7-13-1-14(8-19)4-17(3-13,11-19)18-5-15-2-16(6-18)10-20(22,9-15)12-18/h13-16H,1-12H2/t13-,14+,15-,16+,17?,18?,19?,20?. The normalized spacial score (nSPS) is 67.9. The number of halogens is 2. The van der Waals surface area contributed by atoms with E-state index in [1.807, 2.05) is 0 Å². The smallest absolute Gasteiger partial charge is 0.0457 e. The third-order valence-corrected chi connectivity index (χ3v) is 9.99. The largest absolute Gasteiger partial charge is 0.119 e. The van der Waals surface area contributed by atoms with Gasteiger partial charge in [0.15, 0.2) is 0 Å². The van der Waals surface area contributed by atoms with E-state index in [1.54, 1.807) is 0 Å². The summed E-state index contributed by atoms with van der Waals surface area (Å²) in [6.07, 6.45) is 17.0. The fourth-order valence-electron chi connectivity index (χ4n) is 9.54. The highest BCUT2D eigenvalue weighted by Gasteiger charge is 2.69. The maximum Gasteiger partial charge on any atom is 0.0457 e. The van der Waals surface area contributed by atoms with Crippen molar-refractivity contribution >= 4 is 23.2 Å². The van der Waals surface area contributed by atoms with Crippen molar-refractivity contribution in [3.8, 4) is 0 Å². The third kappa shape index (κ3) is 1.63. The molecule has 22 heavy (non-hydrogen) atoms. The van der Waals surface area contributed by atoms with Crippen LogP contribution in [-0.4, -0.2) is 9.75 Å². The lowest BCUT2D eigenvalue weighted by atomic mass is 9.35. The molecule has 2 heteroatoms. The van der Waals surface area contributed by atoms with Crippen LogP contribution in [0.1, 0.15) is 77.0 Å². The van der Waals surface area contributed by atoms with E-state index < -0.39 is 0 Å². The molecule has 0 aromatic heterocycles. The Hall–Kier alpha value is 0.580. The summed E-state index contributed by atoms with van der Waals surface area (Å²) in [5.41, 5.74) is 1.16. The van der Waals surface area contributed by atoms with Gasteiger partial charge in [0.05, 0.1) is 0 Å². The molecule has 4 unspecified atom stereocenters. The molecule has 0 saturated heterocycles. The van der Waals surface area contributed by atoms with Gasteiger partial charge in [0.1, 0.15) is 0 Å². The van der Waals surface area contributed by atoms with Gasteiger partial charge in [-0.1, -0.05) is 0 Å². The van der Waals surface area contributed by atoms with E-state index in [0.29, 0.717) is 10.8 Å². The summed E-state index contributed by atoms with van der Waals surface area (Å²) >= 11 is 14.3. The summed E-state index contributed by atoms with van der Waals surface area (Å²) in [7, 11) is 0. The Balaban J connectivity index is 1.46. The van der Waals surface area contributed by atoms with Crippen molar-refractivity contribution in [1.82, 2.24) is 0 Å². The molecule has 0 aromatic carbocycles. The Bertz CT molecular complexity index is 462. The van der Waals surface area contributed by atoms with Gasteiger partial charge in [-0.3, -0.25) is 0 Å².